The lowest BCUT2D eigenvalue weighted by Gasteiger charge is -2.18. The van der Waals surface area contributed by atoms with Crippen LogP contribution in [-0.4, -0.2) is 5.11 Å². The molecule has 0 heterocycles. The molecule has 2 N–H and O–H groups in total. The van der Waals surface area contributed by atoms with Gasteiger partial charge in [-0.1, -0.05) is 45.7 Å². The maximum absolute atomic E-state index is 6.11. The lowest BCUT2D eigenvalue weighted by molar-refractivity contribution is 0.722. The van der Waals surface area contributed by atoms with E-state index < -0.39 is 0 Å². The summed E-state index contributed by atoms with van der Waals surface area (Å²) in [5, 5.41) is 7.77. The lowest BCUT2D eigenvalue weighted by Crippen LogP contribution is -2.31. The molecular weight excluding hydrogens is 368 g/mol. The predicted octanol–water partition coefficient (Wildman–Crippen LogP) is 5.46. The molecule has 0 saturated carbocycles. The van der Waals surface area contributed by atoms with E-state index >= 15 is 0 Å². The highest BCUT2D eigenvalue weighted by Crippen LogP contribution is 2.23. The van der Waals surface area contributed by atoms with Crippen LogP contribution in [0.15, 0.2) is 46.9 Å². The number of halogens is 2. The SMILES string of the molecule is Cc1c(Cl)cccc1NC(=S)NC(C)c1ccc(Br)cc1. The maximum Gasteiger partial charge on any atom is 0.171 e. The summed E-state index contributed by atoms with van der Waals surface area (Å²) in [5.41, 5.74) is 3.08. The van der Waals surface area contributed by atoms with Gasteiger partial charge in [0.25, 0.3) is 0 Å². The second-order valence-electron chi connectivity index (χ2n) is 4.78. The van der Waals surface area contributed by atoms with Gasteiger partial charge < -0.3 is 10.6 Å². The van der Waals surface area contributed by atoms with Gasteiger partial charge in [0.1, 0.15) is 0 Å². The largest absolute Gasteiger partial charge is 0.356 e. The Balaban J connectivity index is 2.01. The molecule has 0 aliphatic heterocycles. The van der Waals surface area contributed by atoms with Gasteiger partial charge in [0.15, 0.2) is 5.11 Å². The van der Waals surface area contributed by atoms with E-state index in [1.54, 1.807) is 0 Å². The van der Waals surface area contributed by atoms with E-state index in [0.717, 1.165) is 20.7 Å². The van der Waals surface area contributed by atoms with Gasteiger partial charge in [0.2, 0.25) is 0 Å². The molecule has 1 unspecified atom stereocenters. The van der Waals surface area contributed by atoms with E-state index in [-0.39, 0.29) is 6.04 Å². The summed E-state index contributed by atoms with van der Waals surface area (Å²) in [6, 6.07) is 14.0. The molecule has 0 aromatic heterocycles. The average molecular weight is 384 g/mol. The van der Waals surface area contributed by atoms with Gasteiger partial charge in [0, 0.05) is 15.2 Å². The summed E-state index contributed by atoms with van der Waals surface area (Å²) in [5.74, 6) is 0. The van der Waals surface area contributed by atoms with Crippen LogP contribution in [0, 0.1) is 6.92 Å². The van der Waals surface area contributed by atoms with Gasteiger partial charge in [-0.05, 0) is 61.5 Å². The van der Waals surface area contributed by atoms with E-state index in [2.05, 4.69) is 45.6 Å². The van der Waals surface area contributed by atoms with Crippen LogP contribution in [0.3, 0.4) is 0 Å². The average Bonchev–Trinajstić information content (AvgIpc) is 2.44. The van der Waals surface area contributed by atoms with Crippen LogP contribution in [-0.2, 0) is 0 Å². The second kappa shape index (κ2) is 7.25. The molecule has 1 atom stereocenters. The highest BCUT2D eigenvalue weighted by Gasteiger charge is 2.08. The fourth-order valence-corrected chi connectivity index (χ4v) is 2.66. The minimum absolute atomic E-state index is 0.123. The highest BCUT2D eigenvalue weighted by atomic mass is 79.9. The Bertz CT molecular complexity index is 643. The normalized spacial score (nSPS) is 11.8. The monoisotopic (exact) mass is 382 g/mol. The molecule has 21 heavy (non-hydrogen) atoms. The molecule has 0 aliphatic rings. The summed E-state index contributed by atoms with van der Waals surface area (Å²) in [4.78, 5) is 0. The minimum Gasteiger partial charge on any atom is -0.356 e. The van der Waals surface area contributed by atoms with Crippen molar-refractivity contribution in [2.45, 2.75) is 19.9 Å². The smallest absolute Gasteiger partial charge is 0.171 e. The van der Waals surface area contributed by atoms with Crippen molar-refractivity contribution in [3.63, 3.8) is 0 Å². The number of nitrogens with one attached hydrogen (secondary N) is 2. The first-order valence-electron chi connectivity index (χ1n) is 6.55. The van der Waals surface area contributed by atoms with Gasteiger partial charge in [0.05, 0.1) is 6.04 Å². The third kappa shape index (κ3) is 4.43. The predicted molar refractivity (Wildman–Crippen MR) is 98.1 cm³/mol. The second-order valence-corrected chi connectivity index (χ2v) is 6.52. The standard InChI is InChI=1S/C16H16BrClN2S/c1-10-14(18)4-3-5-15(10)20-16(21)19-11(2)12-6-8-13(17)9-7-12/h3-9,11H,1-2H3,(H2,19,20,21). The van der Waals surface area contributed by atoms with E-state index in [1.807, 2.05) is 37.3 Å². The van der Waals surface area contributed by atoms with Crippen molar-refractivity contribution in [2.24, 2.45) is 0 Å². The quantitative estimate of drug-likeness (QED) is 0.688. The van der Waals surface area contributed by atoms with Crippen LogP contribution in [0.1, 0.15) is 24.1 Å². The lowest BCUT2D eigenvalue weighted by atomic mass is 10.1. The van der Waals surface area contributed by atoms with Gasteiger partial charge in [-0.3, -0.25) is 0 Å². The van der Waals surface area contributed by atoms with Crippen LogP contribution in [0.25, 0.3) is 0 Å². The minimum atomic E-state index is 0.123. The summed E-state index contributed by atoms with van der Waals surface area (Å²) in [7, 11) is 0. The fourth-order valence-electron chi connectivity index (χ4n) is 1.93. The molecule has 0 bridgehead atoms. The van der Waals surface area contributed by atoms with Crippen LogP contribution in [0.2, 0.25) is 5.02 Å². The number of hydrogen-bond donors (Lipinski definition) is 2. The molecule has 5 heteroatoms. The number of rotatable bonds is 3. The van der Waals surface area contributed by atoms with Crippen LogP contribution in [0.4, 0.5) is 5.69 Å². The molecule has 2 rings (SSSR count). The van der Waals surface area contributed by atoms with Gasteiger partial charge in [-0.15, -0.1) is 0 Å². The fraction of sp³-hybridized carbons (Fsp3) is 0.188. The highest BCUT2D eigenvalue weighted by molar-refractivity contribution is 9.10. The molecule has 0 radical (unpaired) electrons. The molecule has 0 spiro atoms. The topological polar surface area (TPSA) is 24.1 Å². The van der Waals surface area contributed by atoms with Gasteiger partial charge >= 0.3 is 0 Å². The summed E-state index contributed by atoms with van der Waals surface area (Å²) >= 11 is 14.9. The number of hydrogen-bond acceptors (Lipinski definition) is 1. The van der Waals surface area contributed by atoms with Crippen LogP contribution < -0.4 is 10.6 Å². The molecule has 0 saturated heterocycles. The Morgan fingerprint density at radius 2 is 1.86 bits per heavy atom. The van der Waals surface area contributed by atoms with E-state index in [4.69, 9.17) is 23.8 Å². The summed E-state index contributed by atoms with van der Waals surface area (Å²) < 4.78 is 1.06. The van der Waals surface area contributed by atoms with Gasteiger partial charge in [-0.2, -0.15) is 0 Å². The van der Waals surface area contributed by atoms with Crippen molar-refractivity contribution in [1.29, 1.82) is 0 Å². The Hall–Kier alpha value is -1.10. The number of anilines is 1. The Morgan fingerprint density at radius 1 is 1.19 bits per heavy atom. The van der Waals surface area contributed by atoms with Crippen molar-refractivity contribution < 1.29 is 0 Å². The zero-order valence-electron chi connectivity index (χ0n) is 11.8. The molecule has 0 amide bonds. The Labute approximate surface area is 144 Å². The Kier molecular flexibility index (Phi) is 5.62. The zero-order chi connectivity index (χ0) is 15.4. The molecule has 110 valence electrons. The Morgan fingerprint density at radius 3 is 2.52 bits per heavy atom. The number of thiocarbonyl (C=S) groups is 1. The van der Waals surface area contributed by atoms with Crippen molar-refractivity contribution in [2.75, 3.05) is 5.32 Å². The van der Waals surface area contributed by atoms with E-state index in [9.17, 15) is 0 Å². The molecule has 2 aromatic rings. The maximum atomic E-state index is 6.11. The molecule has 0 fully saturated rings. The number of benzene rings is 2. The van der Waals surface area contributed by atoms with E-state index in [0.29, 0.717) is 5.11 Å². The first-order chi connectivity index (χ1) is 9.97. The third-order valence-electron chi connectivity index (χ3n) is 3.23. The molecule has 2 nitrogen and oxygen atoms in total. The van der Waals surface area contributed by atoms with Crippen molar-refractivity contribution in [1.82, 2.24) is 5.32 Å². The molecule has 0 aliphatic carbocycles. The summed E-state index contributed by atoms with van der Waals surface area (Å²) in [6.07, 6.45) is 0. The first kappa shape index (κ1) is 16.3. The first-order valence-corrected chi connectivity index (χ1v) is 8.13. The molecule has 2 aromatic carbocycles. The zero-order valence-corrected chi connectivity index (χ0v) is 14.9. The van der Waals surface area contributed by atoms with Gasteiger partial charge in [-0.25, -0.2) is 0 Å². The van der Waals surface area contributed by atoms with Crippen molar-refractivity contribution in [3.05, 3.63) is 63.1 Å². The molecular formula is C16H16BrClN2S. The van der Waals surface area contributed by atoms with E-state index in [1.165, 1.54) is 5.56 Å². The van der Waals surface area contributed by atoms with Crippen LogP contribution >= 0.6 is 39.7 Å². The summed E-state index contributed by atoms with van der Waals surface area (Å²) in [6.45, 7) is 4.04. The van der Waals surface area contributed by atoms with Crippen molar-refractivity contribution >= 4 is 50.5 Å². The van der Waals surface area contributed by atoms with Crippen LogP contribution in [0.5, 0.6) is 0 Å². The van der Waals surface area contributed by atoms with Crippen molar-refractivity contribution in [3.8, 4) is 0 Å². The third-order valence-corrected chi connectivity index (χ3v) is 4.39.